The number of methoxy groups -OCH3 is 1. The van der Waals surface area contributed by atoms with Gasteiger partial charge < -0.3 is 9.64 Å². The maximum Gasteiger partial charge on any atom is 0.228 e. The normalized spacial score (nSPS) is 10.9. The van der Waals surface area contributed by atoms with Crippen molar-refractivity contribution in [2.24, 2.45) is 0 Å². The third kappa shape index (κ3) is 3.37. The average molecular weight is 329 g/mol. The van der Waals surface area contributed by atoms with Crippen molar-refractivity contribution in [3.8, 4) is 5.75 Å². The molecule has 2 heterocycles. The molecule has 120 valence electrons. The first-order valence-electron chi connectivity index (χ1n) is 7.35. The summed E-state index contributed by atoms with van der Waals surface area (Å²) in [6, 6.07) is 5.99. The molecular weight excluding hydrogens is 310 g/mol. The van der Waals surface area contributed by atoms with E-state index in [0.29, 0.717) is 13.0 Å². The molecule has 0 N–H and O–H groups in total. The van der Waals surface area contributed by atoms with Crippen molar-refractivity contribution >= 4 is 22.2 Å². The lowest BCUT2D eigenvalue weighted by Crippen LogP contribution is -2.28. The number of fused-ring (bicyclic) bond motifs is 1. The highest BCUT2D eigenvalue weighted by Crippen LogP contribution is 2.21. The minimum Gasteiger partial charge on any atom is -0.496 e. The molecule has 0 spiro atoms. The average Bonchev–Trinajstić information content (AvgIpc) is 3.08. The van der Waals surface area contributed by atoms with Crippen LogP contribution in [0.4, 0.5) is 0 Å². The predicted molar refractivity (Wildman–Crippen MR) is 91.0 cm³/mol. The summed E-state index contributed by atoms with van der Waals surface area (Å²) in [6.07, 6.45) is 4.16. The molecular formula is C17H19N3O2S. The number of imidazole rings is 1. The van der Waals surface area contributed by atoms with Crippen LogP contribution in [0.5, 0.6) is 5.75 Å². The zero-order valence-corrected chi connectivity index (χ0v) is 14.3. The number of hydrogen-bond acceptors (Lipinski definition) is 4. The number of carbonyl (C=O) groups excluding carboxylic acids is 1. The Morgan fingerprint density at radius 3 is 3.00 bits per heavy atom. The topological polar surface area (TPSA) is 46.8 Å². The quantitative estimate of drug-likeness (QED) is 0.723. The van der Waals surface area contributed by atoms with Crippen molar-refractivity contribution in [2.75, 3.05) is 14.2 Å². The number of aryl methyl sites for hydroxylation is 1. The number of rotatable bonds is 5. The molecule has 23 heavy (non-hydrogen) atoms. The molecule has 0 aliphatic heterocycles. The van der Waals surface area contributed by atoms with E-state index in [-0.39, 0.29) is 5.91 Å². The van der Waals surface area contributed by atoms with Gasteiger partial charge in [-0.2, -0.15) is 0 Å². The van der Waals surface area contributed by atoms with Crippen LogP contribution in [0.3, 0.4) is 0 Å². The Bertz CT molecular complexity index is 809. The van der Waals surface area contributed by atoms with Gasteiger partial charge in [-0.25, -0.2) is 4.98 Å². The highest BCUT2D eigenvalue weighted by Gasteiger charge is 2.15. The Labute approximate surface area is 139 Å². The number of nitrogens with zero attached hydrogens (tertiary/aromatic N) is 3. The summed E-state index contributed by atoms with van der Waals surface area (Å²) in [4.78, 5) is 19.5. The summed E-state index contributed by atoms with van der Waals surface area (Å²) in [7, 11) is 3.45. The van der Waals surface area contributed by atoms with Crippen LogP contribution in [0.15, 0.2) is 36.0 Å². The Morgan fingerprint density at radius 2 is 2.26 bits per heavy atom. The van der Waals surface area contributed by atoms with Gasteiger partial charge in [0.15, 0.2) is 4.96 Å². The van der Waals surface area contributed by atoms with Gasteiger partial charge in [-0.1, -0.05) is 17.7 Å². The molecule has 1 aromatic carbocycles. The largest absolute Gasteiger partial charge is 0.496 e. The van der Waals surface area contributed by atoms with Crippen LogP contribution in [0.25, 0.3) is 4.96 Å². The van der Waals surface area contributed by atoms with E-state index in [0.717, 1.165) is 27.5 Å². The lowest BCUT2D eigenvalue weighted by molar-refractivity contribution is -0.129. The lowest BCUT2D eigenvalue weighted by atomic mass is 10.1. The van der Waals surface area contributed by atoms with Crippen LogP contribution < -0.4 is 4.74 Å². The van der Waals surface area contributed by atoms with E-state index in [9.17, 15) is 4.79 Å². The predicted octanol–water partition coefficient (Wildman–Crippen LogP) is 2.91. The monoisotopic (exact) mass is 329 g/mol. The second-order valence-corrected chi connectivity index (χ2v) is 6.44. The molecule has 0 radical (unpaired) electrons. The molecule has 3 aromatic rings. The van der Waals surface area contributed by atoms with E-state index in [4.69, 9.17) is 4.74 Å². The molecule has 2 aromatic heterocycles. The summed E-state index contributed by atoms with van der Waals surface area (Å²) in [6.45, 7) is 2.55. The van der Waals surface area contributed by atoms with Gasteiger partial charge in [-0.05, 0) is 13.0 Å². The summed E-state index contributed by atoms with van der Waals surface area (Å²) in [5, 5.41) is 1.98. The smallest absolute Gasteiger partial charge is 0.228 e. The molecule has 0 saturated heterocycles. The number of thiazole rings is 1. The first-order chi connectivity index (χ1) is 11.1. The number of carbonyl (C=O) groups is 1. The van der Waals surface area contributed by atoms with E-state index >= 15 is 0 Å². The highest BCUT2D eigenvalue weighted by molar-refractivity contribution is 7.15. The zero-order valence-electron chi connectivity index (χ0n) is 13.4. The number of likely N-dealkylation sites (N-methyl/N-ethyl adjacent to an activating group) is 1. The first kappa shape index (κ1) is 15.6. The van der Waals surface area contributed by atoms with Crippen molar-refractivity contribution in [2.45, 2.75) is 19.9 Å². The fraction of sp³-hybridized carbons (Fsp3) is 0.294. The fourth-order valence-electron chi connectivity index (χ4n) is 2.53. The third-order valence-electron chi connectivity index (χ3n) is 3.74. The molecule has 0 fully saturated rings. The molecule has 5 nitrogen and oxygen atoms in total. The van der Waals surface area contributed by atoms with Crippen LogP contribution in [-0.2, 0) is 17.8 Å². The van der Waals surface area contributed by atoms with E-state index in [1.54, 1.807) is 23.3 Å². The summed E-state index contributed by atoms with van der Waals surface area (Å²) < 4.78 is 7.32. The highest BCUT2D eigenvalue weighted by atomic mass is 32.1. The van der Waals surface area contributed by atoms with Crippen molar-refractivity contribution in [3.63, 3.8) is 0 Å². The minimum absolute atomic E-state index is 0.0410. The maximum absolute atomic E-state index is 12.4. The molecule has 1 amide bonds. The van der Waals surface area contributed by atoms with Gasteiger partial charge in [-0.3, -0.25) is 9.20 Å². The second-order valence-electron chi connectivity index (χ2n) is 5.57. The van der Waals surface area contributed by atoms with Gasteiger partial charge in [0, 0.05) is 36.9 Å². The fourth-order valence-corrected chi connectivity index (χ4v) is 3.24. The first-order valence-corrected chi connectivity index (χ1v) is 8.23. The van der Waals surface area contributed by atoms with Crippen LogP contribution in [0.2, 0.25) is 0 Å². The van der Waals surface area contributed by atoms with Gasteiger partial charge in [0.2, 0.25) is 5.91 Å². The van der Waals surface area contributed by atoms with E-state index in [2.05, 4.69) is 11.1 Å². The number of ether oxygens (including phenoxy) is 1. The van der Waals surface area contributed by atoms with Gasteiger partial charge in [0.05, 0.1) is 19.2 Å². The Balaban J connectivity index is 1.70. The Kier molecular flexibility index (Phi) is 4.34. The molecule has 0 atom stereocenters. The van der Waals surface area contributed by atoms with Crippen LogP contribution >= 0.6 is 11.3 Å². The SMILES string of the molecule is COc1ccc(C)cc1CN(C)C(=O)Cc1cn2ccsc2n1. The Hall–Kier alpha value is -2.34. The van der Waals surface area contributed by atoms with Crippen LogP contribution in [0.1, 0.15) is 16.8 Å². The summed E-state index contributed by atoms with van der Waals surface area (Å²) >= 11 is 1.56. The molecule has 3 rings (SSSR count). The minimum atomic E-state index is 0.0410. The van der Waals surface area contributed by atoms with Crippen LogP contribution in [0, 0.1) is 6.92 Å². The van der Waals surface area contributed by atoms with Crippen molar-refractivity contribution in [1.82, 2.24) is 14.3 Å². The lowest BCUT2D eigenvalue weighted by Gasteiger charge is -2.19. The second kappa shape index (κ2) is 6.42. The molecule has 0 saturated carbocycles. The Morgan fingerprint density at radius 1 is 1.43 bits per heavy atom. The van der Waals surface area contributed by atoms with E-state index in [1.807, 2.05) is 48.3 Å². The number of hydrogen-bond donors (Lipinski definition) is 0. The maximum atomic E-state index is 12.4. The molecule has 0 aliphatic rings. The summed E-state index contributed by atoms with van der Waals surface area (Å²) in [5.74, 6) is 0.845. The third-order valence-corrected chi connectivity index (χ3v) is 4.52. The number of aromatic nitrogens is 2. The zero-order chi connectivity index (χ0) is 16.4. The summed E-state index contributed by atoms with van der Waals surface area (Å²) in [5.41, 5.74) is 2.95. The van der Waals surface area contributed by atoms with Gasteiger partial charge in [-0.15, -0.1) is 11.3 Å². The molecule has 6 heteroatoms. The van der Waals surface area contributed by atoms with E-state index < -0.39 is 0 Å². The van der Waals surface area contributed by atoms with Crippen molar-refractivity contribution < 1.29 is 9.53 Å². The van der Waals surface area contributed by atoms with Crippen molar-refractivity contribution in [3.05, 3.63) is 52.8 Å². The van der Waals surface area contributed by atoms with Gasteiger partial charge >= 0.3 is 0 Å². The number of amides is 1. The van der Waals surface area contributed by atoms with Gasteiger partial charge in [0.1, 0.15) is 5.75 Å². The molecule has 0 unspecified atom stereocenters. The number of benzene rings is 1. The van der Waals surface area contributed by atoms with Crippen molar-refractivity contribution in [1.29, 1.82) is 0 Å². The van der Waals surface area contributed by atoms with Gasteiger partial charge in [0.25, 0.3) is 0 Å². The van der Waals surface area contributed by atoms with Crippen LogP contribution in [-0.4, -0.2) is 34.3 Å². The standard InChI is InChI=1S/C17H19N3O2S/c1-12-4-5-15(22-3)13(8-12)10-19(2)16(21)9-14-11-20-6-7-23-17(20)18-14/h4-8,11H,9-10H2,1-3H3. The van der Waals surface area contributed by atoms with E-state index in [1.165, 1.54) is 0 Å². The molecule has 0 bridgehead atoms. The molecule has 0 aliphatic carbocycles.